The number of aliphatic hydroxyl groups is 1. The van der Waals surface area contributed by atoms with Gasteiger partial charge in [0.2, 0.25) is 0 Å². The predicted molar refractivity (Wildman–Crippen MR) is 71.9 cm³/mol. The van der Waals surface area contributed by atoms with Gasteiger partial charge in [-0.3, -0.25) is 10.1 Å². The van der Waals surface area contributed by atoms with Crippen molar-refractivity contribution in [1.82, 2.24) is 4.57 Å². The Labute approximate surface area is 111 Å². The number of nitro benzene ring substituents is 1. The first-order valence-electron chi connectivity index (χ1n) is 6.18. The van der Waals surface area contributed by atoms with Gasteiger partial charge in [-0.15, -0.1) is 0 Å². The van der Waals surface area contributed by atoms with Gasteiger partial charge in [0, 0.05) is 24.0 Å². The van der Waals surface area contributed by atoms with E-state index in [0.29, 0.717) is 18.5 Å². The Hall–Kier alpha value is -2.14. The van der Waals surface area contributed by atoms with Crippen molar-refractivity contribution < 1.29 is 10.0 Å². The van der Waals surface area contributed by atoms with Gasteiger partial charge in [-0.05, 0) is 18.1 Å². The van der Waals surface area contributed by atoms with Crippen LogP contribution in [0.1, 0.15) is 30.6 Å². The second-order valence-corrected chi connectivity index (χ2v) is 4.43. The molecule has 1 aromatic carbocycles. The maximum absolute atomic E-state index is 10.9. The molecule has 2 aromatic rings. The zero-order chi connectivity index (χ0) is 13.8. The van der Waals surface area contributed by atoms with Crippen LogP contribution in [0.15, 0.2) is 42.7 Å². The number of hydrogen-bond acceptors (Lipinski definition) is 3. The van der Waals surface area contributed by atoms with Crippen molar-refractivity contribution >= 4 is 5.69 Å². The summed E-state index contributed by atoms with van der Waals surface area (Å²) in [4.78, 5) is 10.6. The summed E-state index contributed by atoms with van der Waals surface area (Å²) in [5.41, 5.74) is 1.61. The second kappa shape index (κ2) is 5.67. The molecular weight excluding hydrogens is 244 g/mol. The third-order valence-electron chi connectivity index (χ3n) is 3.09. The van der Waals surface area contributed by atoms with Gasteiger partial charge in [-0.2, -0.15) is 0 Å². The molecule has 2 rings (SSSR count). The van der Waals surface area contributed by atoms with Crippen molar-refractivity contribution in [3.8, 4) is 0 Å². The van der Waals surface area contributed by atoms with Gasteiger partial charge in [0.05, 0.1) is 17.6 Å². The van der Waals surface area contributed by atoms with Crippen molar-refractivity contribution in [2.75, 3.05) is 0 Å². The maximum Gasteiger partial charge on any atom is 0.274 e. The van der Waals surface area contributed by atoms with Crippen LogP contribution in [0.2, 0.25) is 0 Å². The number of benzene rings is 1. The van der Waals surface area contributed by atoms with E-state index in [1.54, 1.807) is 18.2 Å². The Morgan fingerprint density at radius 1 is 1.37 bits per heavy atom. The minimum absolute atomic E-state index is 0.119. The van der Waals surface area contributed by atoms with Crippen LogP contribution in [0.5, 0.6) is 0 Å². The Morgan fingerprint density at radius 2 is 2.11 bits per heavy atom. The number of para-hydroxylation sites is 1. The summed E-state index contributed by atoms with van der Waals surface area (Å²) in [6.07, 6.45) is 3.82. The van der Waals surface area contributed by atoms with Crippen molar-refractivity contribution in [3.05, 3.63) is 64.0 Å². The summed E-state index contributed by atoms with van der Waals surface area (Å²) in [7, 11) is 0. The lowest BCUT2D eigenvalue weighted by Crippen LogP contribution is -2.01. The Kier molecular flexibility index (Phi) is 3.97. The minimum Gasteiger partial charge on any atom is -0.388 e. The third-order valence-corrected chi connectivity index (χ3v) is 3.09. The van der Waals surface area contributed by atoms with Gasteiger partial charge in [0.25, 0.3) is 5.69 Å². The normalized spacial score (nSPS) is 12.3. The number of rotatable bonds is 5. The molecule has 0 amide bonds. The molecule has 1 atom stereocenters. The van der Waals surface area contributed by atoms with Crippen molar-refractivity contribution in [2.24, 2.45) is 0 Å². The molecule has 0 radical (unpaired) electrons. The van der Waals surface area contributed by atoms with E-state index in [1.807, 2.05) is 30.0 Å². The van der Waals surface area contributed by atoms with Crippen LogP contribution in [0, 0.1) is 10.1 Å². The highest BCUT2D eigenvalue weighted by atomic mass is 16.6. The second-order valence-electron chi connectivity index (χ2n) is 4.43. The Morgan fingerprint density at radius 3 is 2.79 bits per heavy atom. The topological polar surface area (TPSA) is 68.3 Å². The van der Waals surface area contributed by atoms with Crippen LogP contribution in [-0.2, 0) is 6.54 Å². The van der Waals surface area contributed by atoms with Gasteiger partial charge in [-0.25, -0.2) is 0 Å². The summed E-state index contributed by atoms with van der Waals surface area (Å²) in [6.45, 7) is 2.33. The van der Waals surface area contributed by atoms with Crippen LogP contribution in [0.4, 0.5) is 5.69 Å². The van der Waals surface area contributed by atoms with Crippen molar-refractivity contribution in [1.29, 1.82) is 0 Å². The van der Waals surface area contributed by atoms with Gasteiger partial charge in [-0.1, -0.05) is 25.1 Å². The largest absolute Gasteiger partial charge is 0.388 e. The van der Waals surface area contributed by atoms with Crippen molar-refractivity contribution in [3.63, 3.8) is 0 Å². The molecule has 1 unspecified atom stereocenters. The van der Waals surface area contributed by atoms with E-state index in [4.69, 9.17) is 0 Å². The van der Waals surface area contributed by atoms with E-state index in [0.717, 1.165) is 5.56 Å². The number of hydrogen-bond donors (Lipinski definition) is 1. The molecule has 0 spiro atoms. The molecule has 0 aliphatic heterocycles. The summed E-state index contributed by atoms with van der Waals surface area (Å²) < 4.78 is 1.84. The molecule has 1 aromatic heterocycles. The fourth-order valence-electron chi connectivity index (χ4n) is 2.01. The number of aromatic nitrogens is 1. The van der Waals surface area contributed by atoms with Crippen LogP contribution >= 0.6 is 0 Å². The maximum atomic E-state index is 10.9. The lowest BCUT2D eigenvalue weighted by molar-refractivity contribution is -0.385. The highest BCUT2D eigenvalue weighted by molar-refractivity contribution is 5.40. The zero-order valence-electron chi connectivity index (χ0n) is 10.7. The van der Waals surface area contributed by atoms with E-state index >= 15 is 0 Å². The predicted octanol–water partition coefficient (Wildman–Crippen LogP) is 2.89. The molecule has 1 N–H and O–H groups in total. The molecule has 0 bridgehead atoms. The third kappa shape index (κ3) is 3.00. The molecular formula is C14H16N2O3. The van der Waals surface area contributed by atoms with Crippen molar-refractivity contribution in [2.45, 2.75) is 26.0 Å². The monoisotopic (exact) mass is 260 g/mol. The molecule has 19 heavy (non-hydrogen) atoms. The molecule has 0 saturated heterocycles. The zero-order valence-corrected chi connectivity index (χ0v) is 10.7. The number of nitro groups is 1. The Balaban J connectivity index is 2.22. The summed E-state index contributed by atoms with van der Waals surface area (Å²) in [6, 6.07) is 8.52. The van der Waals surface area contributed by atoms with E-state index in [2.05, 4.69) is 0 Å². The quantitative estimate of drug-likeness (QED) is 0.664. The van der Waals surface area contributed by atoms with Gasteiger partial charge in [0.15, 0.2) is 0 Å². The molecule has 0 aliphatic carbocycles. The average Bonchev–Trinajstić information content (AvgIpc) is 2.86. The standard InChI is InChI=1S/C14H16N2O3/c1-2-14(17)12-7-8-15(10-12)9-11-5-3-4-6-13(11)16(18)19/h3-8,10,14,17H,2,9H2,1H3. The average molecular weight is 260 g/mol. The highest BCUT2D eigenvalue weighted by Gasteiger charge is 2.13. The van der Waals surface area contributed by atoms with E-state index in [-0.39, 0.29) is 10.6 Å². The molecule has 5 heteroatoms. The van der Waals surface area contributed by atoms with Crippen LogP contribution in [0.3, 0.4) is 0 Å². The fraction of sp³-hybridized carbons (Fsp3) is 0.286. The molecule has 1 heterocycles. The van der Waals surface area contributed by atoms with Crippen LogP contribution < -0.4 is 0 Å². The lowest BCUT2D eigenvalue weighted by Gasteiger charge is -2.06. The summed E-state index contributed by atoms with van der Waals surface area (Å²) in [5.74, 6) is 0. The SMILES string of the molecule is CCC(O)c1ccn(Cc2ccccc2[N+](=O)[O-])c1. The molecule has 0 aliphatic rings. The summed E-state index contributed by atoms with van der Waals surface area (Å²) >= 11 is 0. The first-order valence-corrected chi connectivity index (χ1v) is 6.18. The first kappa shape index (κ1) is 13.3. The summed E-state index contributed by atoms with van der Waals surface area (Å²) in [5, 5.41) is 20.7. The molecule has 0 saturated carbocycles. The van der Waals surface area contributed by atoms with Gasteiger partial charge >= 0.3 is 0 Å². The highest BCUT2D eigenvalue weighted by Crippen LogP contribution is 2.21. The first-order chi connectivity index (χ1) is 9.11. The van der Waals surface area contributed by atoms with Crippen LogP contribution in [0.25, 0.3) is 0 Å². The molecule has 5 nitrogen and oxygen atoms in total. The van der Waals surface area contributed by atoms with Gasteiger partial charge < -0.3 is 9.67 Å². The fourth-order valence-corrected chi connectivity index (χ4v) is 2.01. The van der Waals surface area contributed by atoms with E-state index in [1.165, 1.54) is 6.07 Å². The lowest BCUT2D eigenvalue weighted by atomic mass is 10.1. The van der Waals surface area contributed by atoms with Crippen LogP contribution in [-0.4, -0.2) is 14.6 Å². The minimum atomic E-state index is -0.480. The van der Waals surface area contributed by atoms with E-state index in [9.17, 15) is 15.2 Å². The smallest absolute Gasteiger partial charge is 0.274 e. The molecule has 100 valence electrons. The molecule has 0 fully saturated rings. The Bertz CT molecular complexity index is 578. The number of aliphatic hydroxyl groups excluding tert-OH is 1. The van der Waals surface area contributed by atoms with Gasteiger partial charge in [0.1, 0.15) is 0 Å². The van der Waals surface area contributed by atoms with E-state index < -0.39 is 6.10 Å². The number of nitrogens with zero attached hydrogens (tertiary/aromatic N) is 2.